The third-order valence-corrected chi connectivity index (χ3v) is 4.46. The van der Waals surface area contributed by atoms with Crippen molar-refractivity contribution in [1.29, 1.82) is 0 Å². The number of benzene rings is 2. The van der Waals surface area contributed by atoms with Gasteiger partial charge in [-0.25, -0.2) is 0 Å². The van der Waals surface area contributed by atoms with Crippen molar-refractivity contribution in [2.45, 2.75) is 25.2 Å². The van der Waals surface area contributed by atoms with Gasteiger partial charge >= 0.3 is 6.01 Å². The number of nitrogens with zero attached hydrogens (tertiary/aromatic N) is 2. The molecular formula is C19H19N3O2S. The Kier molecular flexibility index (Phi) is 5.50. The molecule has 0 aliphatic carbocycles. The van der Waals surface area contributed by atoms with Crippen LogP contribution in [0.3, 0.4) is 0 Å². The Morgan fingerprint density at radius 3 is 2.48 bits per heavy atom. The average molecular weight is 353 g/mol. The number of rotatable bonds is 6. The molecule has 2 aromatic carbocycles. The Morgan fingerprint density at radius 1 is 1.08 bits per heavy atom. The van der Waals surface area contributed by atoms with E-state index in [2.05, 4.69) is 22.4 Å². The van der Waals surface area contributed by atoms with Crippen LogP contribution in [0.15, 0.2) is 57.8 Å². The zero-order valence-corrected chi connectivity index (χ0v) is 15.0. The predicted octanol–water partition coefficient (Wildman–Crippen LogP) is 4.34. The summed E-state index contributed by atoms with van der Waals surface area (Å²) in [6, 6.07) is 15.8. The molecule has 6 heteroatoms. The fraction of sp³-hybridized carbons (Fsp3) is 0.211. The fourth-order valence-corrected chi connectivity index (χ4v) is 2.97. The predicted molar refractivity (Wildman–Crippen MR) is 99.6 cm³/mol. The number of aryl methyl sites for hydroxylation is 1. The lowest BCUT2D eigenvalue weighted by atomic mass is 10.1. The first-order chi connectivity index (χ1) is 12.1. The van der Waals surface area contributed by atoms with Crippen LogP contribution in [0.25, 0.3) is 11.5 Å². The van der Waals surface area contributed by atoms with Crippen molar-refractivity contribution in [3.63, 3.8) is 0 Å². The van der Waals surface area contributed by atoms with Crippen LogP contribution in [0, 0.1) is 6.92 Å². The number of nitrogens with one attached hydrogen (secondary N) is 1. The van der Waals surface area contributed by atoms with Crippen molar-refractivity contribution in [2.24, 2.45) is 0 Å². The van der Waals surface area contributed by atoms with Crippen LogP contribution in [0.5, 0.6) is 0 Å². The standard InChI is InChI=1S/C19H19N3O2S/c1-3-25-16-10-6-14(7-11-16)12-17(23)20-19-22-21-18(24-19)15-8-4-13(2)5-9-15/h4-11H,3,12H2,1-2H3,(H,20,22,23). The molecule has 0 fully saturated rings. The molecule has 0 saturated heterocycles. The van der Waals surface area contributed by atoms with Crippen molar-refractivity contribution in [3.8, 4) is 11.5 Å². The maximum Gasteiger partial charge on any atom is 0.322 e. The highest BCUT2D eigenvalue weighted by atomic mass is 32.2. The molecule has 0 unspecified atom stereocenters. The van der Waals surface area contributed by atoms with E-state index >= 15 is 0 Å². The third-order valence-electron chi connectivity index (χ3n) is 3.57. The minimum atomic E-state index is -0.185. The molecule has 0 saturated carbocycles. The lowest BCUT2D eigenvalue weighted by molar-refractivity contribution is -0.115. The molecule has 0 bridgehead atoms. The monoisotopic (exact) mass is 353 g/mol. The second-order valence-electron chi connectivity index (χ2n) is 5.58. The van der Waals surface area contributed by atoms with Crippen LogP contribution in [0.1, 0.15) is 18.1 Å². The SMILES string of the molecule is CCSc1ccc(CC(=O)Nc2nnc(-c3ccc(C)cc3)o2)cc1. The highest BCUT2D eigenvalue weighted by Gasteiger charge is 2.11. The van der Waals surface area contributed by atoms with Gasteiger partial charge in [0.05, 0.1) is 6.42 Å². The number of carbonyl (C=O) groups excluding carboxylic acids is 1. The molecule has 1 heterocycles. The van der Waals surface area contributed by atoms with Crippen LogP contribution in [-0.2, 0) is 11.2 Å². The summed E-state index contributed by atoms with van der Waals surface area (Å²) in [5, 5.41) is 10.5. The van der Waals surface area contributed by atoms with Gasteiger partial charge in [0.2, 0.25) is 11.8 Å². The van der Waals surface area contributed by atoms with Gasteiger partial charge in [-0.05, 0) is 42.5 Å². The van der Waals surface area contributed by atoms with E-state index in [1.54, 1.807) is 11.8 Å². The Hall–Kier alpha value is -2.60. The molecule has 0 spiro atoms. The van der Waals surface area contributed by atoms with Gasteiger partial charge in [-0.15, -0.1) is 16.9 Å². The minimum Gasteiger partial charge on any atom is -0.403 e. The minimum absolute atomic E-state index is 0.110. The van der Waals surface area contributed by atoms with Crippen molar-refractivity contribution >= 4 is 23.7 Å². The topological polar surface area (TPSA) is 68.0 Å². The van der Waals surface area contributed by atoms with Crippen LogP contribution in [-0.4, -0.2) is 21.9 Å². The number of anilines is 1. The van der Waals surface area contributed by atoms with Gasteiger partial charge in [-0.3, -0.25) is 10.1 Å². The molecule has 128 valence electrons. The molecule has 25 heavy (non-hydrogen) atoms. The van der Waals surface area contributed by atoms with E-state index in [4.69, 9.17) is 4.42 Å². The summed E-state index contributed by atoms with van der Waals surface area (Å²) >= 11 is 1.77. The summed E-state index contributed by atoms with van der Waals surface area (Å²) < 4.78 is 5.51. The van der Waals surface area contributed by atoms with E-state index in [0.29, 0.717) is 5.89 Å². The van der Waals surface area contributed by atoms with Gasteiger partial charge in [0, 0.05) is 10.5 Å². The van der Waals surface area contributed by atoms with E-state index in [-0.39, 0.29) is 18.3 Å². The molecular weight excluding hydrogens is 334 g/mol. The molecule has 0 aliphatic heterocycles. The number of thioether (sulfide) groups is 1. The number of amides is 1. The molecule has 0 aliphatic rings. The molecule has 1 amide bonds. The summed E-state index contributed by atoms with van der Waals surface area (Å²) in [7, 11) is 0. The molecule has 3 aromatic rings. The number of hydrogen-bond donors (Lipinski definition) is 1. The summed E-state index contributed by atoms with van der Waals surface area (Å²) in [6.45, 7) is 4.12. The van der Waals surface area contributed by atoms with Crippen LogP contribution < -0.4 is 5.32 Å². The summed E-state index contributed by atoms with van der Waals surface area (Å²) in [5.74, 6) is 1.23. The zero-order valence-electron chi connectivity index (χ0n) is 14.2. The van der Waals surface area contributed by atoms with E-state index in [1.165, 1.54) is 4.90 Å². The Balaban J connectivity index is 1.60. The lowest BCUT2D eigenvalue weighted by Gasteiger charge is -2.03. The Morgan fingerprint density at radius 2 is 1.80 bits per heavy atom. The molecule has 0 radical (unpaired) electrons. The molecule has 5 nitrogen and oxygen atoms in total. The van der Waals surface area contributed by atoms with Crippen molar-refractivity contribution in [3.05, 3.63) is 59.7 Å². The van der Waals surface area contributed by atoms with E-state index in [9.17, 15) is 4.79 Å². The molecule has 1 N–H and O–H groups in total. The van der Waals surface area contributed by atoms with Crippen molar-refractivity contribution in [1.82, 2.24) is 10.2 Å². The van der Waals surface area contributed by atoms with Crippen molar-refractivity contribution < 1.29 is 9.21 Å². The third kappa shape index (κ3) is 4.70. The highest BCUT2D eigenvalue weighted by molar-refractivity contribution is 7.99. The second kappa shape index (κ2) is 7.98. The highest BCUT2D eigenvalue weighted by Crippen LogP contribution is 2.21. The van der Waals surface area contributed by atoms with Gasteiger partial charge in [0.15, 0.2) is 0 Å². The first kappa shape index (κ1) is 17.2. The van der Waals surface area contributed by atoms with Gasteiger partial charge in [0.25, 0.3) is 0 Å². The summed E-state index contributed by atoms with van der Waals surface area (Å²) in [6.07, 6.45) is 0.263. The van der Waals surface area contributed by atoms with Gasteiger partial charge < -0.3 is 4.42 Å². The molecule has 1 aromatic heterocycles. The fourth-order valence-electron chi connectivity index (χ4n) is 2.31. The van der Waals surface area contributed by atoms with Gasteiger partial charge in [-0.2, -0.15) is 0 Å². The Bertz CT molecular complexity index is 842. The van der Waals surface area contributed by atoms with Gasteiger partial charge in [0.1, 0.15) is 0 Å². The largest absolute Gasteiger partial charge is 0.403 e. The first-order valence-electron chi connectivity index (χ1n) is 8.06. The van der Waals surface area contributed by atoms with Crippen molar-refractivity contribution in [2.75, 3.05) is 11.1 Å². The number of hydrogen-bond acceptors (Lipinski definition) is 5. The summed E-state index contributed by atoms with van der Waals surface area (Å²) in [5.41, 5.74) is 2.92. The number of carbonyl (C=O) groups is 1. The summed E-state index contributed by atoms with van der Waals surface area (Å²) in [4.78, 5) is 13.3. The van der Waals surface area contributed by atoms with Gasteiger partial charge in [-0.1, -0.05) is 41.9 Å². The second-order valence-corrected chi connectivity index (χ2v) is 6.92. The molecule has 0 atom stereocenters. The average Bonchev–Trinajstić information content (AvgIpc) is 3.06. The first-order valence-corrected chi connectivity index (χ1v) is 9.04. The van der Waals surface area contributed by atoms with E-state index in [1.807, 2.05) is 55.5 Å². The van der Waals surface area contributed by atoms with Crippen LogP contribution in [0.2, 0.25) is 0 Å². The maximum absolute atomic E-state index is 12.1. The normalized spacial score (nSPS) is 10.6. The zero-order chi connectivity index (χ0) is 17.6. The smallest absolute Gasteiger partial charge is 0.322 e. The lowest BCUT2D eigenvalue weighted by Crippen LogP contribution is -2.14. The van der Waals surface area contributed by atoms with E-state index in [0.717, 1.165) is 22.4 Å². The maximum atomic E-state index is 12.1. The quantitative estimate of drug-likeness (QED) is 0.668. The van der Waals surface area contributed by atoms with Crippen LogP contribution in [0.4, 0.5) is 6.01 Å². The number of aromatic nitrogens is 2. The van der Waals surface area contributed by atoms with E-state index < -0.39 is 0 Å². The molecule has 3 rings (SSSR count). The van der Waals surface area contributed by atoms with Crippen LogP contribution >= 0.6 is 11.8 Å². The Labute approximate surface area is 150 Å².